The van der Waals surface area contributed by atoms with E-state index in [1.165, 1.54) is 11.8 Å². The SMILES string of the molecule is CC(=O)N(CC(=O)Nc1ccccc1Cl)c1ccc(C#N)cc1. The summed E-state index contributed by atoms with van der Waals surface area (Å²) in [5.74, 6) is -0.637. The summed E-state index contributed by atoms with van der Waals surface area (Å²) in [5, 5.41) is 11.9. The van der Waals surface area contributed by atoms with Gasteiger partial charge in [0.2, 0.25) is 11.8 Å². The van der Waals surface area contributed by atoms with E-state index in [0.717, 1.165) is 0 Å². The molecular formula is C17H14ClN3O2. The topological polar surface area (TPSA) is 73.2 Å². The molecule has 0 aliphatic carbocycles. The van der Waals surface area contributed by atoms with Crippen molar-refractivity contribution in [1.82, 2.24) is 0 Å². The third kappa shape index (κ3) is 4.31. The van der Waals surface area contributed by atoms with Crippen molar-refractivity contribution in [2.24, 2.45) is 0 Å². The van der Waals surface area contributed by atoms with Gasteiger partial charge >= 0.3 is 0 Å². The van der Waals surface area contributed by atoms with Crippen LogP contribution < -0.4 is 10.2 Å². The first kappa shape index (κ1) is 16.5. The van der Waals surface area contributed by atoms with E-state index in [9.17, 15) is 9.59 Å². The Kier molecular flexibility index (Phi) is 5.34. The third-order valence-electron chi connectivity index (χ3n) is 3.14. The lowest BCUT2D eigenvalue weighted by atomic mass is 10.2. The number of carbonyl (C=O) groups excluding carboxylic acids is 2. The maximum absolute atomic E-state index is 12.2. The molecule has 2 rings (SSSR count). The molecule has 6 heteroatoms. The Morgan fingerprint density at radius 1 is 1.17 bits per heavy atom. The number of benzene rings is 2. The zero-order valence-electron chi connectivity index (χ0n) is 12.4. The van der Waals surface area contributed by atoms with Gasteiger partial charge < -0.3 is 10.2 Å². The van der Waals surface area contributed by atoms with E-state index in [1.807, 2.05) is 6.07 Å². The molecule has 0 radical (unpaired) electrons. The predicted octanol–water partition coefficient (Wildman–Crippen LogP) is 3.20. The van der Waals surface area contributed by atoms with Crippen molar-refractivity contribution in [3.05, 3.63) is 59.1 Å². The summed E-state index contributed by atoms with van der Waals surface area (Å²) in [4.78, 5) is 25.3. The summed E-state index contributed by atoms with van der Waals surface area (Å²) in [7, 11) is 0. The first-order chi connectivity index (χ1) is 11.0. The van der Waals surface area contributed by atoms with Crippen LogP contribution in [-0.4, -0.2) is 18.4 Å². The van der Waals surface area contributed by atoms with E-state index in [1.54, 1.807) is 48.5 Å². The number of halogens is 1. The van der Waals surface area contributed by atoms with Crippen LogP contribution in [0, 0.1) is 11.3 Å². The Bertz CT molecular complexity index is 766. The van der Waals surface area contributed by atoms with Crippen LogP contribution in [-0.2, 0) is 9.59 Å². The maximum atomic E-state index is 12.2. The van der Waals surface area contributed by atoms with Crippen LogP contribution in [0.1, 0.15) is 12.5 Å². The number of para-hydroxylation sites is 1. The zero-order chi connectivity index (χ0) is 16.8. The minimum absolute atomic E-state index is 0.146. The molecule has 0 atom stereocenters. The Morgan fingerprint density at radius 2 is 1.83 bits per heavy atom. The van der Waals surface area contributed by atoms with Gasteiger partial charge in [-0.2, -0.15) is 5.26 Å². The van der Waals surface area contributed by atoms with Gasteiger partial charge in [0.05, 0.1) is 22.3 Å². The van der Waals surface area contributed by atoms with Crippen molar-refractivity contribution in [3.63, 3.8) is 0 Å². The van der Waals surface area contributed by atoms with E-state index < -0.39 is 0 Å². The molecular weight excluding hydrogens is 314 g/mol. The van der Waals surface area contributed by atoms with Gasteiger partial charge in [-0.05, 0) is 36.4 Å². The molecule has 0 saturated carbocycles. The first-order valence-electron chi connectivity index (χ1n) is 6.84. The number of nitriles is 1. The number of anilines is 2. The number of carbonyl (C=O) groups is 2. The summed E-state index contributed by atoms with van der Waals surface area (Å²) < 4.78 is 0. The quantitative estimate of drug-likeness (QED) is 0.937. The minimum atomic E-state index is -0.363. The summed E-state index contributed by atoms with van der Waals surface area (Å²) in [6.07, 6.45) is 0. The van der Waals surface area contributed by atoms with Crippen molar-refractivity contribution in [1.29, 1.82) is 5.26 Å². The third-order valence-corrected chi connectivity index (χ3v) is 3.47. The number of nitrogens with zero attached hydrogens (tertiary/aromatic N) is 2. The molecule has 0 saturated heterocycles. The van der Waals surface area contributed by atoms with Crippen LogP contribution in [0.25, 0.3) is 0 Å². The molecule has 0 heterocycles. The molecule has 23 heavy (non-hydrogen) atoms. The average Bonchev–Trinajstić information content (AvgIpc) is 2.55. The Balaban J connectivity index is 2.13. The van der Waals surface area contributed by atoms with Gasteiger partial charge in [0.15, 0.2) is 0 Å². The van der Waals surface area contributed by atoms with Gasteiger partial charge in [0.25, 0.3) is 0 Å². The van der Waals surface area contributed by atoms with Crippen molar-refractivity contribution >= 4 is 34.8 Å². The van der Waals surface area contributed by atoms with Gasteiger partial charge in [-0.15, -0.1) is 0 Å². The molecule has 0 fully saturated rings. The summed E-state index contributed by atoms with van der Waals surface area (Å²) in [5.41, 5.74) is 1.52. The standard InChI is InChI=1S/C17H14ClN3O2/c1-12(22)21(14-8-6-13(10-19)7-9-14)11-17(23)20-16-5-3-2-4-15(16)18/h2-9H,11H2,1H3,(H,20,23). The number of rotatable bonds is 4. The van der Waals surface area contributed by atoms with E-state index in [-0.39, 0.29) is 18.4 Å². The molecule has 0 spiro atoms. The predicted molar refractivity (Wildman–Crippen MR) is 89.3 cm³/mol. The van der Waals surface area contributed by atoms with Crippen molar-refractivity contribution in [3.8, 4) is 6.07 Å². The highest BCUT2D eigenvalue weighted by Crippen LogP contribution is 2.21. The lowest BCUT2D eigenvalue weighted by Crippen LogP contribution is -2.36. The average molecular weight is 328 g/mol. The van der Waals surface area contributed by atoms with Crippen LogP contribution in [0.3, 0.4) is 0 Å². The van der Waals surface area contributed by atoms with Crippen LogP contribution in [0.5, 0.6) is 0 Å². The van der Waals surface area contributed by atoms with Crippen molar-refractivity contribution in [2.45, 2.75) is 6.92 Å². The minimum Gasteiger partial charge on any atom is -0.323 e. The number of amides is 2. The monoisotopic (exact) mass is 327 g/mol. The molecule has 1 N–H and O–H groups in total. The number of hydrogen-bond acceptors (Lipinski definition) is 3. The Labute approximate surface area is 139 Å². The van der Waals surface area contributed by atoms with E-state index >= 15 is 0 Å². The lowest BCUT2D eigenvalue weighted by molar-refractivity contribution is -0.120. The molecule has 2 aromatic carbocycles. The highest BCUT2D eigenvalue weighted by Gasteiger charge is 2.16. The van der Waals surface area contributed by atoms with Gasteiger partial charge in [0.1, 0.15) is 6.54 Å². The molecule has 2 aromatic rings. The fourth-order valence-corrected chi connectivity index (χ4v) is 2.18. The fourth-order valence-electron chi connectivity index (χ4n) is 2.00. The van der Waals surface area contributed by atoms with Crippen LogP contribution in [0.15, 0.2) is 48.5 Å². The molecule has 0 bridgehead atoms. The summed E-state index contributed by atoms with van der Waals surface area (Å²) in [6, 6.07) is 15.3. The molecule has 5 nitrogen and oxygen atoms in total. The van der Waals surface area contributed by atoms with Crippen LogP contribution >= 0.6 is 11.6 Å². The molecule has 0 unspecified atom stereocenters. The fraction of sp³-hybridized carbons (Fsp3) is 0.118. The van der Waals surface area contributed by atoms with Crippen LogP contribution in [0.2, 0.25) is 5.02 Å². The Hall–Kier alpha value is -2.84. The second-order valence-corrected chi connectivity index (χ2v) is 5.20. The van der Waals surface area contributed by atoms with E-state index in [2.05, 4.69) is 5.32 Å². The highest BCUT2D eigenvalue weighted by atomic mass is 35.5. The maximum Gasteiger partial charge on any atom is 0.244 e. The van der Waals surface area contributed by atoms with E-state index in [4.69, 9.17) is 16.9 Å². The van der Waals surface area contributed by atoms with Crippen molar-refractivity contribution < 1.29 is 9.59 Å². The van der Waals surface area contributed by atoms with Gasteiger partial charge in [-0.25, -0.2) is 0 Å². The second-order valence-electron chi connectivity index (χ2n) is 4.79. The van der Waals surface area contributed by atoms with Crippen LogP contribution in [0.4, 0.5) is 11.4 Å². The number of nitrogens with one attached hydrogen (secondary N) is 1. The lowest BCUT2D eigenvalue weighted by Gasteiger charge is -2.21. The largest absolute Gasteiger partial charge is 0.323 e. The van der Waals surface area contributed by atoms with Gasteiger partial charge in [-0.1, -0.05) is 23.7 Å². The molecule has 2 amide bonds. The van der Waals surface area contributed by atoms with Gasteiger partial charge in [0, 0.05) is 12.6 Å². The molecule has 0 aliphatic heterocycles. The summed E-state index contributed by atoms with van der Waals surface area (Å²) in [6.45, 7) is 1.23. The van der Waals surface area contributed by atoms with E-state index in [0.29, 0.717) is 22.0 Å². The normalized spacial score (nSPS) is 9.78. The Morgan fingerprint density at radius 3 is 2.39 bits per heavy atom. The first-order valence-corrected chi connectivity index (χ1v) is 7.21. The molecule has 0 aromatic heterocycles. The van der Waals surface area contributed by atoms with Gasteiger partial charge in [-0.3, -0.25) is 9.59 Å². The second kappa shape index (κ2) is 7.43. The number of hydrogen-bond donors (Lipinski definition) is 1. The molecule has 116 valence electrons. The summed E-state index contributed by atoms with van der Waals surface area (Å²) >= 11 is 5.99. The highest BCUT2D eigenvalue weighted by molar-refractivity contribution is 6.33. The zero-order valence-corrected chi connectivity index (χ0v) is 13.2. The van der Waals surface area contributed by atoms with Crippen molar-refractivity contribution in [2.75, 3.05) is 16.8 Å². The molecule has 0 aliphatic rings. The smallest absolute Gasteiger partial charge is 0.244 e.